The maximum Gasteiger partial charge on any atom is 0.326 e. The van der Waals surface area contributed by atoms with Gasteiger partial charge in [0.25, 0.3) is 5.91 Å². The van der Waals surface area contributed by atoms with Gasteiger partial charge in [-0.15, -0.1) is 0 Å². The molecule has 1 heterocycles. The molecule has 0 radical (unpaired) electrons. The Labute approximate surface area is 84.1 Å². The second-order valence-electron chi connectivity index (χ2n) is 3.30. The summed E-state index contributed by atoms with van der Waals surface area (Å²) >= 11 is 0. The van der Waals surface area contributed by atoms with Gasteiger partial charge in [0.1, 0.15) is 6.54 Å². The highest BCUT2D eigenvalue weighted by Gasteiger charge is 2.49. The van der Waals surface area contributed by atoms with Crippen molar-refractivity contribution in [1.82, 2.24) is 10.2 Å². The number of nitrogens with zero attached hydrogens (tertiary/aromatic N) is 1. The fourth-order valence-electron chi connectivity index (χ4n) is 1.13. The van der Waals surface area contributed by atoms with E-state index >= 15 is 0 Å². The number of amides is 3. The summed E-state index contributed by atoms with van der Waals surface area (Å²) < 4.78 is 0. The SMILES string of the molecule is CC1(O)C(=O)NC(=O)N(CC(=O)O)C1O. The number of aliphatic carboxylic acids is 1. The predicted octanol–water partition coefficient (Wildman–Crippen LogP) is -2.31. The molecule has 0 aromatic carbocycles. The number of aliphatic hydroxyl groups is 2. The zero-order valence-corrected chi connectivity index (χ0v) is 7.80. The van der Waals surface area contributed by atoms with Crippen LogP contribution in [0.3, 0.4) is 0 Å². The van der Waals surface area contributed by atoms with E-state index < -0.39 is 36.3 Å². The molecule has 0 aromatic heterocycles. The number of hydrogen-bond acceptors (Lipinski definition) is 5. The number of rotatable bonds is 2. The summed E-state index contributed by atoms with van der Waals surface area (Å²) in [5.41, 5.74) is -2.22. The zero-order valence-electron chi connectivity index (χ0n) is 7.80. The van der Waals surface area contributed by atoms with Crippen LogP contribution in [0.25, 0.3) is 0 Å². The molecule has 2 atom stereocenters. The van der Waals surface area contributed by atoms with Crippen molar-refractivity contribution >= 4 is 17.9 Å². The van der Waals surface area contributed by atoms with Crippen molar-refractivity contribution in [2.75, 3.05) is 6.54 Å². The predicted molar refractivity (Wildman–Crippen MR) is 44.5 cm³/mol. The quantitative estimate of drug-likeness (QED) is 0.412. The van der Waals surface area contributed by atoms with Gasteiger partial charge in [-0.3, -0.25) is 19.8 Å². The van der Waals surface area contributed by atoms with E-state index in [0.29, 0.717) is 4.90 Å². The molecule has 0 aromatic rings. The van der Waals surface area contributed by atoms with Crippen molar-refractivity contribution in [2.24, 2.45) is 0 Å². The minimum absolute atomic E-state index is 0.448. The van der Waals surface area contributed by atoms with Gasteiger partial charge in [-0.05, 0) is 6.92 Å². The van der Waals surface area contributed by atoms with E-state index in [2.05, 4.69) is 0 Å². The number of carbonyl (C=O) groups is 3. The number of aliphatic hydroxyl groups excluding tert-OH is 1. The summed E-state index contributed by atoms with van der Waals surface area (Å²) in [6.45, 7) is 0.171. The van der Waals surface area contributed by atoms with Crippen LogP contribution in [0.15, 0.2) is 0 Å². The van der Waals surface area contributed by atoms with Gasteiger partial charge in [-0.1, -0.05) is 0 Å². The third-order valence-electron chi connectivity index (χ3n) is 2.04. The minimum atomic E-state index is -2.22. The summed E-state index contributed by atoms with van der Waals surface area (Å²) in [6.07, 6.45) is -1.88. The molecule has 1 fully saturated rings. The Hall–Kier alpha value is -1.67. The molecule has 0 saturated carbocycles. The standard InChI is InChI=1S/C7H10N2O6/c1-7(15)4(12)8-6(14)9(5(7)13)2-3(10)11/h5,13,15H,2H2,1H3,(H,10,11)(H,8,12,14). The van der Waals surface area contributed by atoms with Crippen LogP contribution in [0.4, 0.5) is 4.79 Å². The zero-order chi connectivity index (χ0) is 11.8. The molecule has 1 aliphatic rings. The molecule has 84 valence electrons. The average molecular weight is 218 g/mol. The highest BCUT2D eigenvalue weighted by Crippen LogP contribution is 2.18. The molecule has 0 spiro atoms. The monoisotopic (exact) mass is 218 g/mol. The van der Waals surface area contributed by atoms with Gasteiger partial charge in [0.05, 0.1) is 0 Å². The van der Waals surface area contributed by atoms with Crippen LogP contribution >= 0.6 is 0 Å². The molecule has 0 aliphatic carbocycles. The molecule has 0 bridgehead atoms. The first-order chi connectivity index (χ1) is 6.76. The van der Waals surface area contributed by atoms with Crippen LogP contribution in [0, 0.1) is 0 Å². The van der Waals surface area contributed by atoms with Crippen LogP contribution < -0.4 is 5.32 Å². The lowest BCUT2D eigenvalue weighted by Crippen LogP contribution is -2.69. The van der Waals surface area contributed by atoms with Crippen molar-refractivity contribution in [3.63, 3.8) is 0 Å². The van der Waals surface area contributed by atoms with Crippen LogP contribution in [0.1, 0.15) is 6.92 Å². The number of carboxylic acid groups (broad SMARTS) is 1. The lowest BCUT2D eigenvalue weighted by Gasteiger charge is -2.39. The highest BCUT2D eigenvalue weighted by molar-refractivity contribution is 6.02. The largest absolute Gasteiger partial charge is 0.480 e. The van der Waals surface area contributed by atoms with Crippen molar-refractivity contribution in [3.05, 3.63) is 0 Å². The molecule has 8 heteroatoms. The molecule has 3 amide bonds. The minimum Gasteiger partial charge on any atom is -0.480 e. The summed E-state index contributed by atoms with van der Waals surface area (Å²) in [7, 11) is 0. The van der Waals surface area contributed by atoms with Crippen LogP contribution in [0.5, 0.6) is 0 Å². The van der Waals surface area contributed by atoms with Crippen LogP contribution in [0.2, 0.25) is 0 Å². The Bertz CT molecular complexity index is 325. The number of urea groups is 1. The van der Waals surface area contributed by atoms with Gasteiger partial charge in [0.2, 0.25) is 0 Å². The fraction of sp³-hybridized carbons (Fsp3) is 0.571. The van der Waals surface area contributed by atoms with Crippen LogP contribution in [-0.4, -0.2) is 56.5 Å². The van der Waals surface area contributed by atoms with Gasteiger partial charge < -0.3 is 15.3 Å². The molecule has 1 rings (SSSR count). The number of imide groups is 1. The summed E-state index contributed by atoms with van der Waals surface area (Å²) in [4.78, 5) is 32.9. The lowest BCUT2D eigenvalue weighted by atomic mass is 10.0. The maximum absolute atomic E-state index is 11.1. The second-order valence-corrected chi connectivity index (χ2v) is 3.30. The molecule has 2 unspecified atom stereocenters. The van der Waals surface area contributed by atoms with E-state index in [1.54, 1.807) is 5.32 Å². The summed E-state index contributed by atoms with van der Waals surface area (Å²) in [5.74, 6) is -2.43. The van der Waals surface area contributed by atoms with E-state index in [1.165, 1.54) is 0 Å². The molecule has 4 N–H and O–H groups in total. The van der Waals surface area contributed by atoms with E-state index in [1.807, 2.05) is 0 Å². The van der Waals surface area contributed by atoms with Crippen molar-refractivity contribution < 1.29 is 29.7 Å². The normalized spacial score (nSPS) is 31.4. The molecule has 15 heavy (non-hydrogen) atoms. The molecule has 1 aliphatic heterocycles. The van der Waals surface area contributed by atoms with E-state index in [4.69, 9.17) is 5.11 Å². The Morgan fingerprint density at radius 1 is 1.60 bits per heavy atom. The second kappa shape index (κ2) is 3.48. The highest BCUT2D eigenvalue weighted by atomic mass is 16.4. The lowest BCUT2D eigenvalue weighted by molar-refractivity contribution is -0.173. The van der Waals surface area contributed by atoms with E-state index in [-0.39, 0.29) is 0 Å². The molecular weight excluding hydrogens is 208 g/mol. The topological polar surface area (TPSA) is 127 Å². The molecule has 1 saturated heterocycles. The number of carbonyl (C=O) groups excluding carboxylic acids is 2. The average Bonchev–Trinajstić information content (AvgIpc) is 2.10. The van der Waals surface area contributed by atoms with Crippen molar-refractivity contribution in [3.8, 4) is 0 Å². The first-order valence-corrected chi connectivity index (χ1v) is 4.01. The Morgan fingerprint density at radius 2 is 2.13 bits per heavy atom. The van der Waals surface area contributed by atoms with Crippen molar-refractivity contribution in [1.29, 1.82) is 0 Å². The Morgan fingerprint density at radius 3 is 2.60 bits per heavy atom. The Kier molecular flexibility index (Phi) is 2.65. The summed E-state index contributed by atoms with van der Waals surface area (Å²) in [6, 6.07) is -1.05. The van der Waals surface area contributed by atoms with Gasteiger partial charge in [0, 0.05) is 0 Å². The maximum atomic E-state index is 11.1. The number of hydrogen-bond donors (Lipinski definition) is 4. The third-order valence-corrected chi connectivity index (χ3v) is 2.04. The Balaban J connectivity index is 2.93. The number of nitrogens with one attached hydrogen (secondary N) is 1. The van der Waals surface area contributed by atoms with Crippen LogP contribution in [-0.2, 0) is 9.59 Å². The molecular formula is C7H10N2O6. The van der Waals surface area contributed by atoms with E-state index in [9.17, 15) is 24.6 Å². The third kappa shape index (κ3) is 1.90. The van der Waals surface area contributed by atoms with E-state index in [0.717, 1.165) is 6.92 Å². The first-order valence-electron chi connectivity index (χ1n) is 4.01. The molecule has 8 nitrogen and oxygen atoms in total. The van der Waals surface area contributed by atoms with Gasteiger partial charge in [-0.2, -0.15) is 0 Å². The first kappa shape index (κ1) is 11.4. The summed E-state index contributed by atoms with van der Waals surface area (Å²) in [5, 5.41) is 29.0. The van der Waals surface area contributed by atoms with Gasteiger partial charge >= 0.3 is 12.0 Å². The number of carboxylic acids is 1. The fourth-order valence-corrected chi connectivity index (χ4v) is 1.13. The smallest absolute Gasteiger partial charge is 0.326 e. The van der Waals surface area contributed by atoms with Gasteiger partial charge in [0.15, 0.2) is 11.8 Å². The van der Waals surface area contributed by atoms with Crippen molar-refractivity contribution in [2.45, 2.75) is 18.8 Å². The van der Waals surface area contributed by atoms with Gasteiger partial charge in [-0.25, -0.2) is 4.79 Å².